The van der Waals surface area contributed by atoms with E-state index >= 15 is 0 Å². The number of halogens is 3. The van der Waals surface area contributed by atoms with Gasteiger partial charge in [-0.3, -0.25) is 14.7 Å². The molecule has 0 saturated heterocycles. The molecule has 1 aromatic heterocycles. The highest BCUT2D eigenvalue weighted by Crippen LogP contribution is 2.43. The highest BCUT2D eigenvalue weighted by molar-refractivity contribution is 7.91. The number of alkyl halides is 3. The second-order valence-electron chi connectivity index (χ2n) is 12.0. The lowest BCUT2D eigenvalue weighted by Crippen LogP contribution is -2.46. The van der Waals surface area contributed by atoms with E-state index in [9.17, 15) is 31.5 Å². The number of carbonyl (C=O) groups is 1. The second kappa shape index (κ2) is 12.0. The van der Waals surface area contributed by atoms with Crippen molar-refractivity contribution in [1.82, 2.24) is 15.2 Å². The molecular weight excluding hydrogens is 555 g/mol. The summed E-state index contributed by atoms with van der Waals surface area (Å²) in [4.78, 5) is 20.5. The maximum Gasteiger partial charge on any atom is 0.391 e. The van der Waals surface area contributed by atoms with Gasteiger partial charge in [0.2, 0.25) is 0 Å². The van der Waals surface area contributed by atoms with Crippen molar-refractivity contribution in [2.75, 3.05) is 18.9 Å². The van der Waals surface area contributed by atoms with Crippen molar-refractivity contribution in [2.24, 2.45) is 17.8 Å². The summed E-state index contributed by atoms with van der Waals surface area (Å²) >= 11 is 0. The Morgan fingerprint density at radius 1 is 1.15 bits per heavy atom. The number of sulfone groups is 1. The molecule has 226 valence electrons. The Balaban J connectivity index is 1.48. The molecule has 1 saturated carbocycles. The molecule has 1 fully saturated rings. The Bertz CT molecular complexity index is 1340. The second-order valence-corrected chi connectivity index (χ2v) is 14.3. The fourth-order valence-corrected chi connectivity index (χ4v) is 7.05. The van der Waals surface area contributed by atoms with Gasteiger partial charge in [-0.2, -0.15) is 13.2 Å². The van der Waals surface area contributed by atoms with Crippen molar-refractivity contribution in [1.29, 1.82) is 0 Å². The number of carbonyl (C=O) groups excluding carboxylic acids is 1. The van der Waals surface area contributed by atoms with E-state index in [-0.39, 0.29) is 41.4 Å². The van der Waals surface area contributed by atoms with Crippen molar-refractivity contribution >= 4 is 15.7 Å². The highest BCUT2D eigenvalue weighted by Gasteiger charge is 2.43. The molecule has 1 amide bonds. The summed E-state index contributed by atoms with van der Waals surface area (Å²) in [6.45, 7) is 8.28. The molecule has 2 N–H and O–H groups in total. The molecule has 1 unspecified atom stereocenters. The minimum absolute atomic E-state index is 0.0167. The van der Waals surface area contributed by atoms with Gasteiger partial charge in [-0.15, -0.1) is 0 Å². The molecule has 0 bridgehead atoms. The number of aliphatic hydroxyl groups is 1. The number of aliphatic hydroxyl groups excluding tert-OH is 1. The quantitative estimate of drug-likeness (QED) is 0.403. The first-order valence-electron chi connectivity index (χ1n) is 14.2. The van der Waals surface area contributed by atoms with Gasteiger partial charge in [0.15, 0.2) is 9.84 Å². The Kier molecular flexibility index (Phi) is 9.21. The van der Waals surface area contributed by atoms with Gasteiger partial charge in [0.1, 0.15) is 0 Å². The van der Waals surface area contributed by atoms with Crippen LogP contribution in [0, 0.1) is 17.8 Å². The normalized spacial score (nSPS) is 23.3. The summed E-state index contributed by atoms with van der Waals surface area (Å²) in [6.07, 6.45) is -1.16. The van der Waals surface area contributed by atoms with Crippen molar-refractivity contribution in [2.45, 2.75) is 82.6 Å². The van der Waals surface area contributed by atoms with E-state index in [1.165, 1.54) is 18.3 Å². The Morgan fingerprint density at radius 3 is 2.32 bits per heavy atom. The predicted molar refractivity (Wildman–Crippen MR) is 150 cm³/mol. The largest absolute Gasteiger partial charge is 0.394 e. The van der Waals surface area contributed by atoms with Crippen LogP contribution in [0.5, 0.6) is 0 Å². The highest BCUT2D eigenvalue weighted by atomic mass is 32.2. The van der Waals surface area contributed by atoms with E-state index in [0.717, 1.165) is 11.3 Å². The summed E-state index contributed by atoms with van der Waals surface area (Å²) in [6, 6.07) is 7.95. The lowest BCUT2D eigenvalue weighted by molar-refractivity contribution is -0.184. The minimum Gasteiger partial charge on any atom is -0.394 e. The van der Waals surface area contributed by atoms with E-state index in [1.807, 2.05) is 6.07 Å². The summed E-state index contributed by atoms with van der Waals surface area (Å²) in [5.41, 5.74) is 1.54. The van der Waals surface area contributed by atoms with Crippen molar-refractivity contribution in [3.8, 4) is 0 Å². The molecule has 2 aliphatic rings. The number of amides is 1. The molecule has 0 spiro atoms. The van der Waals surface area contributed by atoms with E-state index in [1.54, 1.807) is 26.0 Å². The maximum absolute atomic E-state index is 13.3. The molecule has 1 aliphatic carbocycles. The summed E-state index contributed by atoms with van der Waals surface area (Å²) < 4.78 is 63.7. The molecule has 7 nitrogen and oxygen atoms in total. The lowest BCUT2D eigenvalue weighted by Gasteiger charge is -2.35. The average Bonchev–Trinajstić information content (AvgIpc) is 3.30. The monoisotopic (exact) mass is 595 g/mol. The van der Waals surface area contributed by atoms with Crippen molar-refractivity contribution < 1.29 is 31.5 Å². The standard InChI is InChI=1S/C30H40F3N3O4S/c1-5-41(39,40)25-12-10-23(11-13-25)29(4,18-37)35-28(38)21-14-22-17-36(27(19(2)3)26(22)34-15-21)16-20-6-8-24(9-7-20)30(31,32)33/h10-15,19-20,24,27,37H,5-9,16-18H2,1-4H3,(H,35,38)/t20-,24-,27-,29?/m1/s1. The molecule has 4 rings (SSSR count). The topological polar surface area (TPSA) is 99.6 Å². The van der Waals surface area contributed by atoms with Crippen LogP contribution in [0.3, 0.4) is 0 Å². The van der Waals surface area contributed by atoms with E-state index < -0.39 is 40.0 Å². The van der Waals surface area contributed by atoms with Crippen LogP contribution in [-0.4, -0.2) is 54.4 Å². The molecule has 2 atom stereocenters. The molecule has 1 aromatic carbocycles. The van der Waals surface area contributed by atoms with Crippen LogP contribution in [0.25, 0.3) is 0 Å². The van der Waals surface area contributed by atoms with Gasteiger partial charge < -0.3 is 10.4 Å². The van der Waals surface area contributed by atoms with Crippen LogP contribution in [0.4, 0.5) is 13.2 Å². The number of fused-ring (bicyclic) bond motifs is 1. The van der Waals surface area contributed by atoms with Crippen LogP contribution in [-0.2, 0) is 21.9 Å². The number of pyridine rings is 1. The first-order chi connectivity index (χ1) is 19.2. The Morgan fingerprint density at radius 2 is 1.78 bits per heavy atom. The van der Waals surface area contributed by atoms with E-state index in [4.69, 9.17) is 0 Å². The van der Waals surface area contributed by atoms with Gasteiger partial charge in [0.25, 0.3) is 5.91 Å². The number of aromatic nitrogens is 1. The first kappa shape index (κ1) is 31.4. The summed E-state index contributed by atoms with van der Waals surface area (Å²) in [7, 11) is -3.38. The number of rotatable bonds is 9. The fourth-order valence-electron chi connectivity index (χ4n) is 6.17. The third-order valence-electron chi connectivity index (χ3n) is 8.68. The predicted octanol–water partition coefficient (Wildman–Crippen LogP) is 5.39. The average molecular weight is 596 g/mol. The number of hydrogen-bond acceptors (Lipinski definition) is 6. The SMILES string of the molecule is CCS(=O)(=O)c1ccc(C(C)(CO)NC(=O)c2cnc3c(c2)CN(C[C@H]2CC[C@H](C(F)(F)F)CC2)[C@@H]3C(C)C)cc1. The van der Waals surface area contributed by atoms with E-state index in [0.29, 0.717) is 37.1 Å². The van der Waals surface area contributed by atoms with Gasteiger partial charge >= 0.3 is 6.18 Å². The fraction of sp³-hybridized carbons (Fsp3) is 0.600. The zero-order valence-corrected chi connectivity index (χ0v) is 24.9. The molecule has 2 heterocycles. The van der Waals surface area contributed by atoms with Crippen LogP contribution in [0.2, 0.25) is 0 Å². The van der Waals surface area contributed by atoms with Crippen LogP contribution in [0.1, 0.15) is 86.6 Å². The number of hydrogen-bond donors (Lipinski definition) is 2. The van der Waals surface area contributed by atoms with Crippen molar-refractivity contribution in [3.05, 3.63) is 58.9 Å². The number of benzene rings is 1. The van der Waals surface area contributed by atoms with Gasteiger partial charge in [-0.1, -0.05) is 32.9 Å². The maximum atomic E-state index is 13.3. The Hall–Kier alpha value is -2.50. The molecule has 11 heteroatoms. The van der Waals surface area contributed by atoms with Crippen molar-refractivity contribution in [3.63, 3.8) is 0 Å². The molecule has 41 heavy (non-hydrogen) atoms. The van der Waals surface area contributed by atoms with Gasteiger partial charge in [-0.05, 0) is 73.8 Å². The molecule has 2 aromatic rings. The van der Waals surface area contributed by atoms with Gasteiger partial charge in [-0.25, -0.2) is 8.42 Å². The lowest BCUT2D eigenvalue weighted by atomic mass is 9.81. The van der Waals surface area contributed by atoms with Crippen LogP contribution < -0.4 is 5.32 Å². The molecule has 1 aliphatic heterocycles. The number of nitrogens with one attached hydrogen (secondary N) is 1. The third kappa shape index (κ3) is 6.78. The zero-order valence-electron chi connectivity index (χ0n) is 24.0. The Labute approximate surface area is 240 Å². The van der Waals surface area contributed by atoms with Crippen LogP contribution >= 0.6 is 0 Å². The minimum atomic E-state index is -4.12. The summed E-state index contributed by atoms with van der Waals surface area (Å²) in [5.74, 6) is -1.24. The summed E-state index contributed by atoms with van der Waals surface area (Å²) in [5, 5.41) is 13.1. The molecule has 0 radical (unpaired) electrons. The van der Waals surface area contributed by atoms with E-state index in [2.05, 4.69) is 29.0 Å². The number of nitrogens with zero attached hydrogens (tertiary/aromatic N) is 2. The third-order valence-corrected chi connectivity index (χ3v) is 10.4. The smallest absolute Gasteiger partial charge is 0.391 e. The first-order valence-corrected chi connectivity index (χ1v) is 15.9. The van der Waals surface area contributed by atoms with Crippen LogP contribution in [0.15, 0.2) is 41.4 Å². The zero-order chi connectivity index (χ0) is 30.2. The van der Waals surface area contributed by atoms with Gasteiger partial charge in [0.05, 0.1) is 46.0 Å². The molecular formula is C30H40F3N3O4S. The van der Waals surface area contributed by atoms with Gasteiger partial charge in [0, 0.05) is 19.3 Å².